The zero-order valence-electron chi connectivity index (χ0n) is 5.63. The van der Waals surface area contributed by atoms with Crippen molar-refractivity contribution in [2.45, 2.75) is 13.8 Å². The molecule has 0 radical (unpaired) electrons. The third kappa shape index (κ3) is 5.37. The van der Waals surface area contributed by atoms with Gasteiger partial charge in [0.15, 0.2) is 0 Å². The molecule has 2 heteroatoms. The average molecular weight is 142 g/mol. The van der Waals surface area contributed by atoms with Gasteiger partial charge < -0.3 is 0 Å². The molecule has 0 spiro atoms. The van der Waals surface area contributed by atoms with Crippen molar-refractivity contribution in [1.29, 1.82) is 0 Å². The molecule has 0 bridgehead atoms. The van der Waals surface area contributed by atoms with E-state index in [0.29, 0.717) is 0 Å². The molecular weight excluding hydrogens is 132 g/mol. The Labute approximate surface area is 59.8 Å². The molecular formula is C7H10OS. The fourth-order valence-electron chi connectivity index (χ4n) is 0.253. The first-order chi connectivity index (χ1) is 4.31. The van der Waals surface area contributed by atoms with Gasteiger partial charge in [0.25, 0.3) is 0 Å². The SMILES string of the molecule is C/C=C\S/C=C(\C)C=O. The van der Waals surface area contributed by atoms with Gasteiger partial charge in [-0.25, -0.2) is 0 Å². The van der Waals surface area contributed by atoms with E-state index in [-0.39, 0.29) is 0 Å². The van der Waals surface area contributed by atoms with Crippen LogP contribution in [0.25, 0.3) is 0 Å². The molecule has 0 aromatic heterocycles. The largest absolute Gasteiger partial charge is 0.298 e. The van der Waals surface area contributed by atoms with Crippen molar-refractivity contribution in [2.24, 2.45) is 0 Å². The van der Waals surface area contributed by atoms with Crippen LogP contribution in [-0.4, -0.2) is 6.29 Å². The van der Waals surface area contributed by atoms with E-state index in [1.165, 1.54) is 11.8 Å². The molecule has 0 amide bonds. The molecule has 0 saturated heterocycles. The van der Waals surface area contributed by atoms with Crippen LogP contribution in [0.4, 0.5) is 0 Å². The maximum Gasteiger partial charge on any atom is 0.146 e. The smallest absolute Gasteiger partial charge is 0.146 e. The molecule has 0 aromatic carbocycles. The van der Waals surface area contributed by atoms with Crippen LogP contribution in [-0.2, 0) is 4.79 Å². The minimum absolute atomic E-state index is 0.762. The molecule has 0 heterocycles. The number of hydrogen-bond donors (Lipinski definition) is 0. The van der Waals surface area contributed by atoms with Crippen LogP contribution in [0.2, 0.25) is 0 Å². The standard InChI is InChI=1S/C7H10OS/c1-3-4-9-6-7(2)5-8/h3-6H,1-2H3/b4-3-,7-6+. The Kier molecular flexibility index (Phi) is 5.32. The summed E-state index contributed by atoms with van der Waals surface area (Å²) in [6.45, 7) is 3.72. The van der Waals surface area contributed by atoms with Crippen molar-refractivity contribution in [1.82, 2.24) is 0 Å². The molecule has 0 aliphatic rings. The second-order valence-corrected chi connectivity index (χ2v) is 2.37. The maximum absolute atomic E-state index is 9.99. The van der Waals surface area contributed by atoms with Crippen LogP contribution in [0.15, 0.2) is 22.5 Å². The molecule has 0 aliphatic heterocycles. The highest BCUT2D eigenvalue weighted by molar-refractivity contribution is 8.04. The Morgan fingerprint density at radius 1 is 1.56 bits per heavy atom. The van der Waals surface area contributed by atoms with E-state index in [4.69, 9.17) is 0 Å². The summed E-state index contributed by atoms with van der Waals surface area (Å²) in [5, 5.41) is 3.74. The second-order valence-electron chi connectivity index (χ2n) is 1.59. The number of carbonyl (C=O) groups excluding carboxylic acids is 1. The van der Waals surface area contributed by atoms with E-state index < -0.39 is 0 Å². The van der Waals surface area contributed by atoms with Gasteiger partial charge in [0.2, 0.25) is 0 Å². The first kappa shape index (κ1) is 8.50. The summed E-state index contributed by atoms with van der Waals surface area (Å²) in [7, 11) is 0. The zero-order chi connectivity index (χ0) is 7.11. The van der Waals surface area contributed by atoms with E-state index in [9.17, 15) is 4.79 Å². The number of rotatable bonds is 3. The second kappa shape index (κ2) is 5.63. The molecule has 0 saturated carbocycles. The van der Waals surface area contributed by atoms with Gasteiger partial charge in [0.05, 0.1) is 0 Å². The quantitative estimate of drug-likeness (QED) is 0.444. The van der Waals surface area contributed by atoms with Crippen molar-refractivity contribution in [3.63, 3.8) is 0 Å². The Balaban J connectivity index is 3.56. The highest BCUT2D eigenvalue weighted by Gasteiger charge is 1.79. The number of aldehydes is 1. The van der Waals surface area contributed by atoms with Gasteiger partial charge in [-0.3, -0.25) is 4.79 Å². The Bertz CT molecular complexity index is 136. The maximum atomic E-state index is 9.99. The van der Waals surface area contributed by atoms with E-state index >= 15 is 0 Å². The number of hydrogen-bond acceptors (Lipinski definition) is 2. The summed E-state index contributed by atoms with van der Waals surface area (Å²) in [5.41, 5.74) is 0.762. The molecule has 0 unspecified atom stereocenters. The molecule has 0 N–H and O–H groups in total. The molecule has 9 heavy (non-hydrogen) atoms. The predicted molar refractivity (Wildman–Crippen MR) is 42.2 cm³/mol. The highest BCUT2D eigenvalue weighted by Crippen LogP contribution is 2.05. The van der Waals surface area contributed by atoms with E-state index in [1.807, 2.05) is 23.8 Å². The molecule has 0 rings (SSSR count). The van der Waals surface area contributed by atoms with Crippen LogP contribution < -0.4 is 0 Å². The van der Waals surface area contributed by atoms with Gasteiger partial charge >= 0.3 is 0 Å². The topological polar surface area (TPSA) is 17.1 Å². The molecule has 0 aliphatic carbocycles. The van der Waals surface area contributed by atoms with Crippen LogP contribution >= 0.6 is 11.8 Å². The van der Waals surface area contributed by atoms with Crippen molar-refractivity contribution >= 4 is 18.0 Å². The zero-order valence-corrected chi connectivity index (χ0v) is 6.44. The van der Waals surface area contributed by atoms with E-state index in [0.717, 1.165) is 11.9 Å². The Hall–Kier alpha value is -0.500. The lowest BCUT2D eigenvalue weighted by molar-refractivity contribution is -0.104. The number of carbonyl (C=O) groups is 1. The monoisotopic (exact) mass is 142 g/mol. The van der Waals surface area contributed by atoms with Gasteiger partial charge in [-0.15, -0.1) is 11.8 Å². The summed E-state index contributed by atoms with van der Waals surface area (Å²) in [5.74, 6) is 0. The van der Waals surface area contributed by atoms with E-state index in [2.05, 4.69) is 0 Å². The van der Waals surface area contributed by atoms with Crippen LogP contribution in [0.5, 0.6) is 0 Å². The lowest BCUT2D eigenvalue weighted by Crippen LogP contribution is -1.70. The number of thioether (sulfide) groups is 1. The van der Waals surface area contributed by atoms with Crippen molar-refractivity contribution in [3.05, 3.63) is 22.5 Å². The van der Waals surface area contributed by atoms with Crippen molar-refractivity contribution in [3.8, 4) is 0 Å². The molecule has 50 valence electrons. The minimum atomic E-state index is 0.762. The summed E-state index contributed by atoms with van der Waals surface area (Å²) < 4.78 is 0. The third-order valence-corrected chi connectivity index (χ3v) is 1.59. The lowest BCUT2D eigenvalue weighted by atomic mass is 10.4. The first-order valence-corrected chi connectivity index (χ1v) is 3.64. The lowest BCUT2D eigenvalue weighted by Gasteiger charge is -1.82. The minimum Gasteiger partial charge on any atom is -0.298 e. The number of allylic oxidation sites excluding steroid dienone is 2. The van der Waals surface area contributed by atoms with Gasteiger partial charge in [-0.2, -0.15) is 0 Å². The van der Waals surface area contributed by atoms with Gasteiger partial charge in [-0.1, -0.05) is 6.08 Å². The molecule has 0 atom stereocenters. The summed E-state index contributed by atoms with van der Waals surface area (Å²) in [6, 6.07) is 0. The average Bonchev–Trinajstić information content (AvgIpc) is 1.89. The van der Waals surface area contributed by atoms with Crippen molar-refractivity contribution < 1.29 is 4.79 Å². The van der Waals surface area contributed by atoms with Crippen molar-refractivity contribution in [2.75, 3.05) is 0 Å². The fraction of sp³-hybridized carbons (Fsp3) is 0.286. The fourth-order valence-corrected chi connectivity index (χ4v) is 0.759. The van der Waals surface area contributed by atoms with Gasteiger partial charge in [0, 0.05) is 0 Å². The highest BCUT2D eigenvalue weighted by atomic mass is 32.2. The van der Waals surface area contributed by atoms with E-state index in [1.54, 1.807) is 6.92 Å². The van der Waals surface area contributed by atoms with Gasteiger partial charge in [0.1, 0.15) is 6.29 Å². The van der Waals surface area contributed by atoms with Gasteiger partial charge in [-0.05, 0) is 30.2 Å². The summed E-state index contributed by atoms with van der Waals surface area (Å²) in [4.78, 5) is 9.99. The molecule has 0 aromatic rings. The van der Waals surface area contributed by atoms with Crippen LogP contribution in [0.1, 0.15) is 13.8 Å². The molecule has 1 nitrogen and oxygen atoms in total. The summed E-state index contributed by atoms with van der Waals surface area (Å²) >= 11 is 1.51. The Morgan fingerprint density at radius 2 is 2.22 bits per heavy atom. The van der Waals surface area contributed by atoms with Crippen LogP contribution in [0.3, 0.4) is 0 Å². The predicted octanol–water partition coefficient (Wildman–Crippen LogP) is 2.36. The first-order valence-electron chi connectivity index (χ1n) is 2.70. The Morgan fingerprint density at radius 3 is 2.67 bits per heavy atom. The summed E-state index contributed by atoms with van der Waals surface area (Å²) in [6.07, 6.45) is 2.77. The molecule has 0 fully saturated rings. The van der Waals surface area contributed by atoms with Crippen LogP contribution in [0, 0.1) is 0 Å². The normalized spacial score (nSPS) is 12.4. The third-order valence-electron chi connectivity index (χ3n) is 0.654.